The number of aryl methyl sites for hydroxylation is 2. The third kappa shape index (κ3) is 1.31. The third-order valence-electron chi connectivity index (χ3n) is 1.94. The van der Waals surface area contributed by atoms with Crippen molar-refractivity contribution >= 4 is 0 Å². The zero-order valence-corrected chi connectivity index (χ0v) is 8.34. The molecule has 1 rings (SSSR count). The van der Waals surface area contributed by atoms with Gasteiger partial charge in [-0.05, 0) is 12.3 Å². The van der Waals surface area contributed by atoms with Crippen molar-refractivity contribution in [2.75, 3.05) is 0 Å². The summed E-state index contributed by atoms with van der Waals surface area (Å²) in [6.45, 7) is 8.12. The lowest BCUT2D eigenvalue weighted by Gasteiger charge is -2.17. The molecule has 3 heteroatoms. The number of rotatable bonds is 0. The maximum atomic E-state index is 9.65. The maximum absolute atomic E-state index is 9.65. The van der Waals surface area contributed by atoms with Gasteiger partial charge in [-0.2, -0.15) is 5.10 Å². The van der Waals surface area contributed by atoms with Crippen LogP contribution in [0.4, 0.5) is 0 Å². The maximum Gasteiger partial charge on any atom is 0.213 e. The van der Waals surface area contributed by atoms with Crippen molar-refractivity contribution in [3.63, 3.8) is 0 Å². The lowest BCUT2D eigenvalue weighted by Crippen LogP contribution is -2.11. The van der Waals surface area contributed by atoms with Gasteiger partial charge in [-0.25, -0.2) is 4.68 Å². The molecule has 0 aromatic carbocycles. The molecule has 0 saturated carbocycles. The van der Waals surface area contributed by atoms with E-state index in [1.165, 1.54) is 4.68 Å². The van der Waals surface area contributed by atoms with Crippen LogP contribution in [0.3, 0.4) is 0 Å². The Morgan fingerprint density at radius 3 is 2.00 bits per heavy atom. The van der Waals surface area contributed by atoms with Gasteiger partial charge in [-0.3, -0.25) is 0 Å². The van der Waals surface area contributed by atoms with E-state index in [1.807, 2.05) is 6.92 Å². The van der Waals surface area contributed by atoms with E-state index in [2.05, 4.69) is 25.9 Å². The molecule has 0 saturated heterocycles. The summed E-state index contributed by atoms with van der Waals surface area (Å²) in [6.07, 6.45) is 0. The van der Waals surface area contributed by atoms with Gasteiger partial charge in [0.2, 0.25) is 5.88 Å². The molecule has 0 atom stereocenters. The molecular weight excluding hydrogens is 152 g/mol. The molecule has 0 aliphatic carbocycles. The first-order valence-corrected chi connectivity index (χ1v) is 4.07. The van der Waals surface area contributed by atoms with Crippen molar-refractivity contribution in [1.29, 1.82) is 0 Å². The number of hydrogen-bond acceptors (Lipinski definition) is 2. The van der Waals surface area contributed by atoms with Gasteiger partial charge in [0, 0.05) is 12.6 Å². The highest BCUT2D eigenvalue weighted by atomic mass is 16.3. The summed E-state index contributed by atoms with van der Waals surface area (Å²) in [5.41, 5.74) is 1.80. The van der Waals surface area contributed by atoms with Crippen molar-refractivity contribution in [2.24, 2.45) is 7.05 Å². The second-order valence-corrected chi connectivity index (χ2v) is 4.16. The number of aromatic nitrogens is 2. The van der Waals surface area contributed by atoms with Gasteiger partial charge in [0.1, 0.15) is 0 Å². The topological polar surface area (TPSA) is 38.0 Å². The second-order valence-electron chi connectivity index (χ2n) is 4.16. The van der Waals surface area contributed by atoms with Gasteiger partial charge in [0.25, 0.3) is 0 Å². The summed E-state index contributed by atoms with van der Waals surface area (Å²) in [5.74, 6) is 0.278. The zero-order valence-electron chi connectivity index (χ0n) is 8.34. The standard InChI is InChI=1S/C9H16N2O/c1-6-7(9(2,3)4)8(12)11(5)10-6/h12H,1-5H3. The minimum atomic E-state index is -0.0393. The SMILES string of the molecule is Cc1nn(C)c(O)c1C(C)(C)C. The highest BCUT2D eigenvalue weighted by Crippen LogP contribution is 2.32. The van der Waals surface area contributed by atoms with E-state index < -0.39 is 0 Å². The van der Waals surface area contributed by atoms with Gasteiger partial charge in [0.05, 0.1) is 5.69 Å². The number of nitrogens with zero attached hydrogens (tertiary/aromatic N) is 2. The van der Waals surface area contributed by atoms with Crippen molar-refractivity contribution in [3.8, 4) is 5.88 Å². The molecule has 1 aromatic heterocycles. The average Bonchev–Trinajstić information content (AvgIpc) is 2.05. The van der Waals surface area contributed by atoms with Crippen LogP contribution in [0.2, 0.25) is 0 Å². The number of hydrogen-bond donors (Lipinski definition) is 1. The summed E-state index contributed by atoms with van der Waals surface area (Å²) in [4.78, 5) is 0. The Hall–Kier alpha value is -0.990. The van der Waals surface area contributed by atoms with E-state index in [1.54, 1.807) is 7.05 Å². The van der Waals surface area contributed by atoms with E-state index in [-0.39, 0.29) is 11.3 Å². The minimum Gasteiger partial charge on any atom is -0.493 e. The molecule has 0 fully saturated rings. The van der Waals surface area contributed by atoms with Crippen LogP contribution in [0.5, 0.6) is 5.88 Å². The van der Waals surface area contributed by atoms with Crippen molar-refractivity contribution in [1.82, 2.24) is 9.78 Å². The Labute approximate surface area is 73.0 Å². The Balaban J connectivity index is 3.32. The fourth-order valence-corrected chi connectivity index (χ4v) is 1.52. The van der Waals surface area contributed by atoms with E-state index in [0.29, 0.717) is 0 Å². The van der Waals surface area contributed by atoms with Crippen LogP contribution in [0.25, 0.3) is 0 Å². The third-order valence-corrected chi connectivity index (χ3v) is 1.94. The highest BCUT2D eigenvalue weighted by Gasteiger charge is 2.24. The minimum absolute atomic E-state index is 0.0393. The van der Waals surface area contributed by atoms with Crippen LogP contribution in [0.15, 0.2) is 0 Å². The molecule has 1 aromatic rings. The molecule has 12 heavy (non-hydrogen) atoms. The quantitative estimate of drug-likeness (QED) is 0.640. The first kappa shape index (κ1) is 9.10. The molecule has 1 N–H and O–H groups in total. The Bertz CT molecular complexity index is 294. The van der Waals surface area contributed by atoms with E-state index >= 15 is 0 Å². The lowest BCUT2D eigenvalue weighted by atomic mass is 9.87. The molecule has 0 aliphatic heterocycles. The Kier molecular flexibility index (Phi) is 1.90. The second kappa shape index (κ2) is 2.51. The van der Waals surface area contributed by atoms with E-state index in [4.69, 9.17) is 0 Å². The molecule has 3 nitrogen and oxygen atoms in total. The first-order chi connectivity index (χ1) is 5.34. The molecule has 68 valence electrons. The normalized spacial score (nSPS) is 12.1. The Morgan fingerprint density at radius 1 is 1.33 bits per heavy atom. The van der Waals surface area contributed by atoms with Gasteiger partial charge in [0.15, 0.2) is 0 Å². The predicted octanol–water partition coefficient (Wildman–Crippen LogP) is 1.73. The van der Waals surface area contributed by atoms with Crippen molar-refractivity contribution < 1.29 is 5.11 Å². The summed E-state index contributed by atoms with van der Waals surface area (Å²) >= 11 is 0. The summed E-state index contributed by atoms with van der Waals surface area (Å²) in [6, 6.07) is 0. The van der Waals surface area contributed by atoms with Crippen molar-refractivity contribution in [2.45, 2.75) is 33.1 Å². The molecular formula is C9H16N2O. The summed E-state index contributed by atoms with van der Waals surface area (Å²) in [7, 11) is 1.75. The predicted molar refractivity (Wildman–Crippen MR) is 48.3 cm³/mol. The molecule has 0 amide bonds. The van der Waals surface area contributed by atoms with Crippen LogP contribution in [-0.4, -0.2) is 14.9 Å². The van der Waals surface area contributed by atoms with Gasteiger partial charge in [-0.1, -0.05) is 20.8 Å². The first-order valence-electron chi connectivity index (χ1n) is 4.07. The van der Waals surface area contributed by atoms with Crippen LogP contribution in [0, 0.1) is 6.92 Å². The van der Waals surface area contributed by atoms with Crippen LogP contribution < -0.4 is 0 Å². The molecule has 0 aliphatic rings. The smallest absolute Gasteiger partial charge is 0.213 e. The summed E-state index contributed by atoms with van der Waals surface area (Å²) < 4.78 is 1.51. The molecule has 0 radical (unpaired) electrons. The monoisotopic (exact) mass is 168 g/mol. The molecule has 0 unspecified atom stereocenters. The van der Waals surface area contributed by atoms with Crippen LogP contribution in [0.1, 0.15) is 32.0 Å². The molecule has 0 spiro atoms. The zero-order chi connectivity index (χ0) is 9.52. The number of aromatic hydroxyl groups is 1. The fraction of sp³-hybridized carbons (Fsp3) is 0.667. The molecule has 1 heterocycles. The van der Waals surface area contributed by atoms with Crippen LogP contribution in [-0.2, 0) is 12.5 Å². The fourth-order valence-electron chi connectivity index (χ4n) is 1.52. The average molecular weight is 168 g/mol. The van der Waals surface area contributed by atoms with Gasteiger partial charge >= 0.3 is 0 Å². The highest BCUT2D eigenvalue weighted by molar-refractivity contribution is 5.35. The van der Waals surface area contributed by atoms with Gasteiger partial charge < -0.3 is 5.11 Å². The van der Waals surface area contributed by atoms with Gasteiger partial charge in [-0.15, -0.1) is 0 Å². The Morgan fingerprint density at radius 2 is 1.83 bits per heavy atom. The van der Waals surface area contributed by atoms with E-state index in [9.17, 15) is 5.11 Å². The summed E-state index contributed by atoms with van der Waals surface area (Å²) in [5, 5.41) is 13.8. The van der Waals surface area contributed by atoms with Crippen LogP contribution >= 0.6 is 0 Å². The largest absolute Gasteiger partial charge is 0.493 e. The molecule has 0 bridgehead atoms. The van der Waals surface area contributed by atoms with E-state index in [0.717, 1.165) is 11.3 Å². The van der Waals surface area contributed by atoms with Crippen molar-refractivity contribution in [3.05, 3.63) is 11.3 Å². The lowest BCUT2D eigenvalue weighted by molar-refractivity contribution is 0.401.